The third-order valence-corrected chi connectivity index (χ3v) is 8.14. The molecule has 10 nitrogen and oxygen atoms in total. The van der Waals surface area contributed by atoms with Crippen molar-refractivity contribution in [3.8, 4) is 11.1 Å². The van der Waals surface area contributed by atoms with Crippen LogP contribution in [0.4, 0.5) is 8.78 Å². The fraction of sp³-hybridized carbons (Fsp3) is 0.310. The average molecular weight is 598 g/mol. The van der Waals surface area contributed by atoms with E-state index in [1.165, 1.54) is 53.5 Å². The highest BCUT2D eigenvalue weighted by atomic mass is 32.1. The standard InChI is InChI=1S/C29H29F2N5O5S/c1-16(35-26(37)18-4-2-17(3-5-18)22-7-6-20(30)11-23(22)31)28(39)36-15-29(40-8-9-41-29)12-24(36)27(38)34-13-21-10-19(14-42-21)25(32)33/h2-7,10-11,14,16,24H,8-9,12-13,15H2,1H3,(H3,32,33)(H,34,38)(H,35,37)/t16-,24+/m1/s1. The van der Waals surface area contributed by atoms with Gasteiger partial charge in [0.25, 0.3) is 5.91 Å². The highest BCUT2D eigenvalue weighted by molar-refractivity contribution is 7.10. The lowest BCUT2D eigenvalue weighted by Gasteiger charge is -2.27. The van der Waals surface area contributed by atoms with Crippen LogP contribution in [-0.4, -0.2) is 66.1 Å². The Morgan fingerprint density at radius 1 is 1.12 bits per heavy atom. The predicted octanol–water partition coefficient (Wildman–Crippen LogP) is 2.76. The van der Waals surface area contributed by atoms with Gasteiger partial charge in [0.2, 0.25) is 11.8 Å². The fourth-order valence-electron chi connectivity index (χ4n) is 5.03. The Morgan fingerprint density at radius 3 is 2.48 bits per heavy atom. The van der Waals surface area contributed by atoms with Crippen molar-refractivity contribution < 1.29 is 32.6 Å². The van der Waals surface area contributed by atoms with Gasteiger partial charge in [0.1, 0.15) is 29.6 Å². The molecular weight excluding hydrogens is 568 g/mol. The number of likely N-dealkylation sites (tertiary alicyclic amines) is 1. The van der Waals surface area contributed by atoms with Crippen LogP contribution in [0.3, 0.4) is 0 Å². The van der Waals surface area contributed by atoms with E-state index in [1.54, 1.807) is 11.4 Å². The fourth-order valence-corrected chi connectivity index (χ4v) is 5.86. The van der Waals surface area contributed by atoms with Gasteiger partial charge in [0.05, 0.1) is 26.3 Å². The number of ether oxygens (including phenoxy) is 2. The number of amides is 3. The molecule has 3 amide bonds. The molecule has 5 rings (SSSR count). The molecule has 0 saturated carbocycles. The highest BCUT2D eigenvalue weighted by Crippen LogP contribution is 2.35. The first kappa shape index (κ1) is 29.3. The van der Waals surface area contributed by atoms with E-state index in [1.807, 2.05) is 0 Å². The summed E-state index contributed by atoms with van der Waals surface area (Å²) in [5.74, 6) is -4.01. The first-order chi connectivity index (χ1) is 20.0. The zero-order chi connectivity index (χ0) is 30.0. The van der Waals surface area contributed by atoms with Gasteiger partial charge in [-0.2, -0.15) is 0 Å². The molecule has 13 heteroatoms. The SMILES string of the molecule is C[C@@H](NC(=O)c1ccc(-c2ccc(F)cc2F)cc1)C(=O)N1CC2(C[C@H]1C(=O)NCc1cc(C(=N)N)cs1)OCCO2. The summed E-state index contributed by atoms with van der Waals surface area (Å²) in [7, 11) is 0. The van der Waals surface area contributed by atoms with Crippen LogP contribution < -0.4 is 16.4 Å². The van der Waals surface area contributed by atoms with Crippen LogP contribution in [0.25, 0.3) is 11.1 Å². The van der Waals surface area contributed by atoms with E-state index in [9.17, 15) is 23.2 Å². The number of nitrogen functional groups attached to an aromatic ring is 1. The monoisotopic (exact) mass is 597 g/mol. The minimum Gasteiger partial charge on any atom is -0.384 e. The van der Waals surface area contributed by atoms with Crippen molar-refractivity contribution >= 4 is 34.9 Å². The molecule has 2 fully saturated rings. The van der Waals surface area contributed by atoms with E-state index in [0.717, 1.165) is 17.0 Å². The molecule has 0 radical (unpaired) electrons. The zero-order valence-corrected chi connectivity index (χ0v) is 23.4. The van der Waals surface area contributed by atoms with Gasteiger partial charge >= 0.3 is 0 Å². The van der Waals surface area contributed by atoms with Crippen LogP contribution >= 0.6 is 11.3 Å². The molecule has 0 bridgehead atoms. The minimum atomic E-state index is -1.10. The van der Waals surface area contributed by atoms with Crippen molar-refractivity contribution in [2.24, 2.45) is 5.73 Å². The number of halogens is 2. The number of nitrogens with two attached hydrogens (primary N) is 1. The number of hydrogen-bond acceptors (Lipinski definition) is 7. The van der Waals surface area contributed by atoms with Gasteiger partial charge in [0.15, 0.2) is 5.79 Å². The van der Waals surface area contributed by atoms with E-state index in [2.05, 4.69) is 10.6 Å². The Labute approximate surface area is 244 Å². The lowest BCUT2D eigenvalue weighted by Crippen LogP contribution is -2.52. The van der Waals surface area contributed by atoms with Crippen molar-refractivity contribution in [1.82, 2.24) is 15.5 Å². The normalized spacial score (nSPS) is 18.2. The number of carbonyl (C=O) groups is 3. The van der Waals surface area contributed by atoms with Crippen LogP contribution in [0, 0.1) is 17.0 Å². The minimum absolute atomic E-state index is 0.0234. The molecule has 42 heavy (non-hydrogen) atoms. The summed E-state index contributed by atoms with van der Waals surface area (Å²) in [4.78, 5) is 41.9. The molecule has 3 aromatic rings. The number of carbonyl (C=O) groups excluding carboxylic acids is 3. The Morgan fingerprint density at radius 2 is 1.83 bits per heavy atom. The van der Waals surface area contributed by atoms with Gasteiger partial charge in [-0.3, -0.25) is 19.8 Å². The quantitative estimate of drug-likeness (QED) is 0.232. The molecule has 2 atom stereocenters. The van der Waals surface area contributed by atoms with Crippen LogP contribution in [0.2, 0.25) is 0 Å². The summed E-state index contributed by atoms with van der Waals surface area (Å²) in [5.41, 5.74) is 6.96. The van der Waals surface area contributed by atoms with Crippen molar-refractivity contribution in [1.29, 1.82) is 5.41 Å². The summed E-state index contributed by atoms with van der Waals surface area (Å²) < 4.78 is 39.0. The second kappa shape index (κ2) is 12.0. The summed E-state index contributed by atoms with van der Waals surface area (Å²) >= 11 is 1.35. The van der Waals surface area contributed by atoms with E-state index in [0.29, 0.717) is 24.3 Å². The molecule has 2 aliphatic rings. The average Bonchev–Trinajstić information content (AvgIpc) is 3.72. The van der Waals surface area contributed by atoms with Crippen LogP contribution in [0.1, 0.15) is 34.1 Å². The molecule has 220 valence electrons. The molecule has 1 spiro atoms. The van der Waals surface area contributed by atoms with E-state index in [4.69, 9.17) is 20.6 Å². The van der Waals surface area contributed by atoms with Crippen molar-refractivity contribution in [3.05, 3.63) is 81.5 Å². The largest absolute Gasteiger partial charge is 0.384 e. The molecule has 0 aliphatic carbocycles. The summed E-state index contributed by atoms with van der Waals surface area (Å²) in [6, 6.07) is 9.11. The molecule has 2 saturated heterocycles. The number of hydrogen-bond donors (Lipinski definition) is 4. The molecular formula is C29H29F2N5O5S. The Bertz CT molecular complexity index is 1520. The summed E-state index contributed by atoms with van der Waals surface area (Å²) in [6.45, 7) is 2.41. The van der Waals surface area contributed by atoms with Crippen molar-refractivity contribution in [3.63, 3.8) is 0 Å². The van der Waals surface area contributed by atoms with Crippen LogP contribution in [0.5, 0.6) is 0 Å². The maximum absolute atomic E-state index is 14.1. The molecule has 3 heterocycles. The second-order valence-electron chi connectivity index (χ2n) is 10.1. The summed E-state index contributed by atoms with van der Waals surface area (Å²) in [6.07, 6.45) is 0.135. The van der Waals surface area contributed by atoms with Gasteiger partial charge < -0.3 is 30.7 Å². The Kier molecular flexibility index (Phi) is 8.34. The number of nitrogens with zero attached hydrogens (tertiary/aromatic N) is 1. The predicted molar refractivity (Wildman–Crippen MR) is 151 cm³/mol. The molecule has 2 aliphatic heterocycles. The van der Waals surface area contributed by atoms with Crippen molar-refractivity contribution in [2.45, 2.75) is 37.8 Å². The second-order valence-corrected chi connectivity index (χ2v) is 11.1. The first-order valence-electron chi connectivity index (χ1n) is 13.2. The first-order valence-corrected chi connectivity index (χ1v) is 14.1. The Hall–Kier alpha value is -4.20. The van der Waals surface area contributed by atoms with Crippen molar-refractivity contribution in [2.75, 3.05) is 19.8 Å². The van der Waals surface area contributed by atoms with Gasteiger partial charge in [-0.1, -0.05) is 12.1 Å². The van der Waals surface area contributed by atoms with E-state index in [-0.39, 0.29) is 36.5 Å². The van der Waals surface area contributed by atoms with E-state index >= 15 is 0 Å². The maximum atomic E-state index is 14.1. The smallest absolute Gasteiger partial charge is 0.251 e. The number of nitrogens with one attached hydrogen (secondary N) is 3. The summed E-state index contributed by atoms with van der Waals surface area (Å²) in [5, 5.41) is 14.8. The lowest BCUT2D eigenvalue weighted by atomic mass is 10.0. The molecule has 5 N–H and O–H groups in total. The van der Waals surface area contributed by atoms with Gasteiger partial charge in [-0.25, -0.2) is 8.78 Å². The number of amidine groups is 1. The van der Waals surface area contributed by atoms with Crippen LogP contribution in [0.15, 0.2) is 53.9 Å². The zero-order valence-electron chi connectivity index (χ0n) is 22.6. The lowest BCUT2D eigenvalue weighted by molar-refractivity contribution is -0.153. The third kappa shape index (κ3) is 6.17. The molecule has 1 aromatic heterocycles. The van der Waals surface area contributed by atoms with E-state index < -0.39 is 47.2 Å². The highest BCUT2D eigenvalue weighted by Gasteiger charge is 2.53. The molecule has 2 aromatic carbocycles. The Balaban J connectivity index is 1.25. The maximum Gasteiger partial charge on any atom is 0.251 e. The van der Waals surface area contributed by atoms with Gasteiger partial charge in [-0.05, 0) is 42.8 Å². The van der Waals surface area contributed by atoms with Gasteiger partial charge in [-0.15, -0.1) is 11.3 Å². The van der Waals surface area contributed by atoms with Crippen LogP contribution in [-0.2, 0) is 25.6 Å². The molecule has 0 unspecified atom stereocenters. The topological polar surface area (TPSA) is 147 Å². The number of benzene rings is 2. The number of thiophene rings is 1. The van der Waals surface area contributed by atoms with Gasteiger partial charge in [0, 0.05) is 39.4 Å². The number of rotatable bonds is 8. The third-order valence-electron chi connectivity index (χ3n) is 7.20.